The highest BCUT2D eigenvalue weighted by atomic mass is 35.5. The third kappa shape index (κ3) is 5.35. The van der Waals surface area contributed by atoms with Crippen molar-refractivity contribution in [3.63, 3.8) is 0 Å². The molecule has 0 aliphatic heterocycles. The van der Waals surface area contributed by atoms with Crippen LogP contribution in [-0.2, 0) is 30.7 Å². The molecule has 0 radical (unpaired) electrons. The van der Waals surface area contributed by atoms with Gasteiger partial charge in [0.05, 0.1) is 16.9 Å². The van der Waals surface area contributed by atoms with Crippen LogP contribution in [0.25, 0.3) is 11.3 Å². The van der Waals surface area contributed by atoms with E-state index in [1.807, 2.05) is 0 Å². The second-order valence-electron chi connectivity index (χ2n) is 7.07. The summed E-state index contributed by atoms with van der Waals surface area (Å²) in [5.74, 6) is -3.48. The van der Waals surface area contributed by atoms with Crippen molar-refractivity contribution in [1.82, 2.24) is 14.7 Å². The zero-order valence-corrected chi connectivity index (χ0v) is 20.2. The van der Waals surface area contributed by atoms with Crippen LogP contribution in [0.5, 0.6) is 0 Å². The van der Waals surface area contributed by atoms with Crippen LogP contribution in [0, 0.1) is 11.6 Å². The largest absolute Gasteiger partial charge is 0.418 e. The standard InChI is InChI=1S/C19H15ClF5N5O4S2/c1-27-35(31,32)36(33,34)30-18-15(22)9(4-5-28-18)6-10-8-29-17(16(26)14(10)19(23,24)25)12-3-2-11(20)7-13(12)21/h2-5,7-8,27H,6,26H2,1H3,(H,28,30). The summed E-state index contributed by atoms with van der Waals surface area (Å²) in [6.07, 6.45) is -4.31. The van der Waals surface area contributed by atoms with Crippen LogP contribution in [0.2, 0.25) is 5.02 Å². The Bertz CT molecular complexity index is 1550. The second kappa shape index (κ2) is 9.76. The van der Waals surface area contributed by atoms with Crippen molar-refractivity contribution in [3.05, 3.63) is 70.0 Å². The van der Waals surface area contributed by atoms with Gasteiger partial charge in [0.25, 0.3) is 0 Å². The van der Waals surface area contributed by atoms with Gasteiger partial charge in [-0.2, -0.15) is 30.0 Å². The summed E-state index contributed by atoms with van der Waals surface area (Å²) >= 11 is 5.67. The van der Waals surface area contributed by atoms with Gasteiger partial charge in [0, 0.05) is 29.4 Å². The predicted octanol–water partition coefficient (Wildman–Crippen LogP) is 3.47. The van der Waals surface area contributed by atoms with Crippen molar-refractivity contribution in [2.45, 2.75) is 12.6 Å². The number of halogens is 6. The molecule has 0 saturated heterocycles. The fourth-order valence-corrected chi connectivity index (χ4v) is 5.20. The molecule has 0 saturated carbocycles. The molecule has 194 valence electrons. The lowest BCUT2D eigenvalue weighted by atomic mass is 9.97. The summed E-state index contributed by atoms with van der Waals surface area (Å²) in [5, 5.41) is -0.00963. The van der Waals surface area contributed by atoms with Gasteiger partial charge in [0.15, 0.2) is 11.6 Å². The van der Waals surface area contributed by atoms with E-state index in [4.69, 9.17) is 17.3 Å². The quantitative estimate of drug-likeness (QED) is 0.291. The van der Waals surface area contributed by atoms with Crippen molar-refractivity contribution in [3.8, 4) is 11.3 Å². The number of nitrogens with zero attached hydrogens (tertiary/aromatic N) is 2. The summed E-state index contributed by atoms with van der Waals surface area (Å²) in [7, 11) is -9.37. The third-order valence-corrected chi connectivity index (χ3v) is 9.01. The van der Waals surface area contributed by atoms with Crippen molar-refractivity contribution in [2.24, 2.45) is 0 Å². The zero-order valence-electron chi connectivity index (χ0n) is 17.9. The van der Waals surface area contributed by atoms with Gasteiger partial charge < -0.3 is 5.73 Å². The Kier molecular flexibility index (Phi) is 7.46. The first-order valence-electron chi connectivity index (χ1n) is 9.48. The van der Waals surface area contributed by atoms with Gasteiger partial charge in [-0.15, -0.1) is 0 Å². The number of hydrogen-bond donors (Lipinski definition) is 3. The molecule has 0 aliphatic rings. The highest BCUT2D eigenvalue weighted by Gasteiger charge is 2.38. The number of pyridine rings is 2. The molecule has 3 rings (SSSR count). The SMILES string of the molecule is CNS(=O)(=O)S(=O)(=O)Nc1nccc(Cc2cnc(-c3ccc(Cl)cc3F)c(N)c2C(F)(F)F)c1F. The highest BCUT2D eigenvalue weighted by Crippen LogP contribution is 2.41. The number of nitrogen functional groups attached to an aromatic ring is 1. The number of aromatic nitrogens is 2. The first kappa shape index (κ1) is 27.5. The molecule has 0 fully saturated rings. The second-order valence-corrected chi connectivity index (χ2v) is 12.6. The van der Waals surface area contributed by atoms with Crippen molar-refractivity contribution < 1.29 is 38.8 Å². The number of nitrogens with two attached hydrogens (primary N) is 1. The number of rotatable bonds is 7. The van der Waals surface area contributed by atoms with E-state index in [0.717, 1.165) is 37.6 Å². The molecule has 2 aromatic heterocycles. The monoisotopic (exact) mass is 571 g/mol. The average Bonchev–Trinajstić information content (AvgIpc) is 2.76. The fraction of sp³-hybridized carbons (Fsp3) is 0.158. The lowest BCUT2D eigenvalue weighted by Gasteiger charge is -2.18. The van der Waals surface area contributed by atoms with Crippen LogP contribution in [-0.4, -0.2) is 33.9 Å². The Hall–Kier alpha value is -3.08. The minimum atomic E-state index is -5.21. The van der Waals surface area contributed by atoms with Gasteiger partial charge in [-0.1, -0.05) is 11.6 Å². The molecule has 1 aromatic carbocycles. The molecule has 9 nitrogen and oxygen atoms in total. The summed E-state index contributed by atoms with van der Waals surface area (Å²) in [5.41, 5.74) is 1.37. The molecular weight excluding hydrogens is 557 g/mol. The van der Waals surface area contributed by atoms with Crippen LogP contribution >= 0.6 is 11.6 Å². The Labute approximate surface area is 206 Å². The smallest absolute Gasteiger partial charge is 0.396 e. The van der Waals surface area contributed by atoms with E-state index in [2.05, 4.69) is 9.97 Å². The molecule has 4 N–H and O–H groups in total. The van der Waals surface area contributed by atoms with Crippen LogP contribution < -0.4 is 15.2 Å². The fourth-order valence-electron chi connectivity index (χ4n) is 3.11. The zero-order chi connectivity index (χ0) is 27.1. The van der Waals surface area contributed by atoms with Gasteiger partial charge in [0.1, 0.15) is 5.82 Å². The maximum Gasteiger partial charge on any atom is 0.418 e. The van der Waals surface area contributed by atoms with E-state index < -0.39 is 76.2 Å². The summed E-state index contributed by atoms with van der Waals surface area (Å²) in [4.78, 5) is 7.22. The molecule has 0 amide bonds. The molecular formula is C19H15ClF5N5O4S2. The van der Waals surface area contributed by atoms with Crippen LogP contribution in [0.3, 0.4) is 0 Å². The molecule has 0 aliphatic carbocycles. The van der Waals surface area contributed by atoms with E-state index in [0.29, 0.717) is 0 Å². The molecule has 0 atom stereocenters. The van der Waals surface area contributed by atoms with E-state index in [-0.39, 0.29) is 10.6 Å². The van der Waals surface area contributed by atoms with Crippen LogP contribution in [0.4, 0.5) is 33.5 Å². The Morgan fingerprint density at radius 1 is 1.03 bits per heavy atom. The average molecular weight is 572 g/mol. The molecule has 17 heteroatoms. The van der Waals surface area contributed by atoms with Gasteiger partial charge in [0.2, 0.25) is 0 Å². The minimum absolute atomic E-state index is 0.00963. The van der Waals surface area contributed by atoms with E-state index in [1.165, 1.54) is 15.5 Å². The number of benzene rings is 1. The Balaban J connectivity index is 2.10. The number of alkyl halides is 3. The normalized spacial score (nSPS) is 12.5. The van der Waals surface area contributed by atoms with Crippen LogP contribution in [0.15, 0.2) is 36.7 Å². The number of hydrogen-bond acceptors (Lipinski definition) is 7. The molecule has 2 heterocycles. The lowest BCUT2D eigenvalue weighted by molar-refractivity contribution is -0.137. The Morgan fingerprint density at radius 3 is 2.28 bits per heavy atom. The van der Waals surface area contributed by atoms with E-state index in [1.54, 1.807) is 0 Å². The van der Waals surface area contributed by atoms with Crippen molar-refractivity contribution in [2.75, 3.05) is 17.5 Å². The van der Waals surface area contributed by atoms with Crippen LogP contribution in [0.1, 0.15) is 16.7 Å². The lowest BCUT2D eigenvalue weighted by Crippen LogP contribution is -2.33. The van der Waals surface area contributed by atoms with Gasteiger partial charge in [-0.05, 0) is 42.4 Å². The maximum absolute atomic E-state index is 14.9. The summed E-state index contributed by atoms with van der Waals surface area (Å²) in [6.45, 7) is 0. The number of anilines is 2. The van der Waals surface area contributed by atoms with Crippen molar-refractivity contribution >= 4 is 41.2 Å². The predicted molar refractivity (Wildman–Crippen MR) is 122 cm³/mol. The maximum atomic E-state index is 14.9. The molecule has 3 aromatic rings. The number of nitrogens with one attached hydrogen (secondary N) is 2. The summed E-state index contributed by atoms with van der Waals surface area (Å²) < 4.78 is 121. The van der Waals surface area contributed by atoms with Gasteiger partial charge in [-0.25, -0.2) is 18.5 Å². The molecule has 0 bridgehead atoms. The first-order valence-corrected chi connectivity index (χ1v) is 13.3. The summed E-state index contributed by atoms with van der Waals surface area (Å²) in [6, 6.07) is 4.13. The molecule has 0 spiro atoms. The van der Waals surface area contributed by atoms with Crippen molar-refractivity contribution in [1.29, 1.82) is 0 Å². The van der Waals surface area contributed by atoms with Gasteiger partial charge in [-0.3, -0.25) is 9.71 Å². The minimum Gasteiger partial charge on any atom is -0.396 e. The Morgan fingerprint density at radius 2 is 1.69 bits per heavy atom. The van der Waals surface area contributed by atoms with E-state index in [9.17, 15) is 38.8 Å². The van der Waals surface area contributed by atoms with Gasteiger partial charge >= 0.3 is 24.3 Å². The molecule has 36 heavy (non-hydrogen) atoms. The highest BCUT2D eigenvalue weighted by molar-refractivity contribution is 8.66. The third-order valence-electron chi connectivity index (χ3n) is 4.78. The van der Waals surface area contributed by atoms with E-state index >= 15 is 0 Å². The first-order chi connectivity index (χ1) is 16.6. The molecule has 0 unspecified atom stereocenters. The topological polar surface area (TPSA) is 144 Å².